The van der Waals surface area contributed by atoms with E-state index in [1.54, 1.807) is 23.1 Å². The van der Waals surface area contributed by atoms with Gasteiger partial charge in [-0.05, 0) is 31.4 Å². The number of ether oxygens (including phenoxy) is 2. The summed E-state index contributed by atoms with van der Waals surface area (Å²) >= 11 is 0. The lowest BCUT2D eigenvalue weighted by Gasteiger charge is -2.35. The Morgan fingerprint density at radius 3 is 2.68 bits per heavy atom. The van der Waals surface area contributed by atoms with Gasteiger partial charge in [0.1, 0.15) is 0 Å². The summed E-state index contributed by atoms with van der Waals surface area (Å²) in [7, 11) is -3.45. The Balaban J connectivity index is 1.81. The zero-order valence-electron chi connectivity index (χ0n) is 14.5. The van der Waals surface area contributed by atoms with E-state index in [9.17, 15) is 13.2 Å². The number of piperidine rings is 1. The predicted molar refractivity (Wildman–Crippen MR) is 93.1 cm³/mol. The summed E-state index contributed by atoms with van der Waals surface area (Å²) in [6.45, 7) is 4.16. The molecule has 6 nitrogen and oxygen atoms in total. The highest BCUT2D eigenvalue weighted by atomic mass is 32.2. The van der Waals surface area contributed by atoms with Crippen molar-refractivity contribution >= 4 is 15.7 Å². The minimum absolute atomic E-state index is 0.0453. The molecule has 1 aromatic carbocycles. The maximum Gasteiger partial charge on any atom is 0.255 e. The number of likely N-dealkylation sites (tertiary alicyclic amines) is 1. The number of carbonyl (C=O) groups excluding carboxylic acids is 1. The number of amides is 1. The van der Waals surface area contributed by atoms with Crippen molar-refractivity contribution in [3.63, 3.8) is 0 Å². The highest BCUT2D eigenvalue weighted by molar-refractivity contribution is 7.91. The molecule has 0 N–H and O–H groups in total. The highest BCUT2D eigenvalue weighted by Crippen LogP contribution is 2.27. The zero-order valence-corrected chi connectivity index (χ0v) is 15.3. The molecule has 0 spiro atoms. The maximum atomic E-state index is 13.0. The van der Waals surface area contributed by atoms with Crippen molar-refractivity contribution in [2.24, 2.45) is 5.92 Å². The van der Waals surface area contributed by atoms with Gasteiger partial charge in [0.05, 0.1) is 29.4 Å². The fourth-order valence-corrected chi connectivity index (χ4v) is 5.06. The summed E-state index contributed by atoms with van der Waals surface area (Å²) in [6, 6.07) is 6.52. The van der Waals surface area contributed by atoms with Gasteiger partial charge < -0.3 is 14.4 Å². The van der Waals surface area contributed by atoms with Gasteiger partial charge in [-0.1, -0.05) is 19.1 Å². The van der Waals surface area contributed by atoms with Gasteiger partial charge in [-0.15, -0.1) is 0 Å². The van der Waals surface area contributed by atoms with Crippen molar-refractivity contribution in [1.29, 1.82) is 0 Å². The van der Waals surface area contributed by atoms with Gasteiger partial charge in [-0.3, -0.25) is 4.79 Å². The van der Waals surface area contributed by atoms with Crippen LogP contribution in [0.15, 0.2) is 29.2 Å². The van der Waals surface area contributed by atoms with E-state index in [1.165, 1.54) is 6.07 Å². The number of hydrogen-bond donors (Lipinski definition) is 0. The molecule has 2 saturated heterocycles. The van der Waals surface area contributed by atoms with E-state index in [4.69, 9.17) is 9.47 Å². The van der Waals surface area contributed by atoms with Crippen molar-refractivity contribution in [3.8, 4) is 0 Å². The highest BCUT2D eigenvalue weighted by Gasteiger charge is 2.34. The zero-order chi connectivity index (χ0) is 17.9. The van der Waals surface area contributed by atoms with E-state index in [-0.39, 0.29) is 34.3 Å². The number of nitrogens with zero attached hydrogens (tertiary/aromatic N) is 1. The molecule has 25 heavy (non-hydrogen) atoms. The molecular weight excluding hydrogens is 342 g/mol. The van der Waals surface area contributed by atoms with Gasteiger partial charge >= 0.3 is 0 Å². The Hall–Kier alpha value is -1.44. The molecule has 1 amide bonds. The first-order valence-electron chi connectivity index (χ1n) is 8.87. The van der Waals surface area contributed by atoms with Gasteiger partial charge in [0, 0.05) is 19.0 Å². The number of carbonyl (C=O) groups is 1. The molecular formula is C18H25NO5S. The molecule has 2 aliphatic rings. The Labute approximate surface area is 149 Å². The van der Waals surface area contributed by atoms with Crippen LogP contribution in [-0.4, -0.2) is 57.6 Å². The second-order valence-electron chi connectivity index (χ2n) is 6.58. The third kappa shape index (κ3) is 4.04. The summed E-state index contributed by atoms with van der Waals surface area (Å²) in [6.07, 6.45) is 2.08. The molecule has 0 aliphatic carbocycles. The monoisotopic (exact) mass is 367 g/mol. The fourth-order valence-electron chi connectivity index (χ4n) is 3.53. The van der Waals surface area contributed by atoms with Crippen LogP contribution in [0.3, 0.4) is 0 Å². The number of hydrogen-bond acceptors (Lipinski definition) is 5. The summed E-state index contributed by atoms with van der Waals surface area (Å²) in [5, 5.41) is 0. The van der Waals surface area contributed by atoms with E-state index in [0.29, 0.717) is 32.7 Å². The molecule has 0 radical (unpaired) electrons. The number of benzene rings is 1. The Morgan fingerprint density at radius 1 is 1.24 bits per heavy atom. The molecule has 138 valence electrons. The second-order valence-corrected chi connectivity index (χ2v) is 8.66. The summed E-state index contributed by atoms with van der Waals surface area (Å²) in [4.78, 5) is 14.9. The third-order valence-corrected chi connectivity index (χ3v) is 6.67. The smallest absolute Gasteiger partial charge is 0.255 e. The van der Waals surface area contributed by atoms with Crippen molar-refractivity contribution in [2.45, 2.75) is 37.4 Å². The van der Waals surface area contributed by atoms with Gasteiger partial charge in [0.2, 0.25) is 0 Å². The average Bonchev–Trinajstić information content (AvgIpc) is 3.16. The van der Waals surface area contributed by atoms with Crippen LogP contribution in [0, 0.1) is 5.92 Å². The first-order chi connectivity index (χ1) is 12.0. The summed E-state index contributed by atoms with van der Waals surface area (Å²) in [5.74, 6) is -0.0403. The van der Waals surface area contributed by atoms with Crippen LogP contribution in [0.4, 0.5) is 0 Å². The van der Waals surface area contributed by atoms with Gasteiger partial charge in [-0.25, -0.2) is 8.42 Å². The number of sulfone groups is 1. The van der Waals surface area contributed by atoms with Crippen LogP contribution in [0.1, 0.15) is 36.5 Å². The first kappa shape index (κ1) is 18.4. The molecule has 2 aliphatic heterocycles. The topological polar surface area (TPSA) is 72.9 Å². The normalized spacial score (nSPS) is 22.3. The van der Waals surface area contributed by atoms with Crippen molar-refractivity contribution in [1.82, 2.24) is 4.90 Å². The Kier molecular flexibility index (Phi) is 5.76. The molecule has 7 heteroatoms. The Bertz CT molecular complexity index is 712. The maximum absolute atomic E-state index is 13.0. The van der Waals surface area contributed by atoms with Crippen LogP contribution in [-0.2, 0) is 19.3 Å². The van der Waals surface area contributed by atoms with E-state index in [1.807, 2.05) is 6.92 Å². The molecule has 0 saturated carbocycles. The molecule has 3 rings (SSSR count). The van der Waals surface area contributed by atoms with E-state index in [0.717, 1.165) is 12.8 Å². The van der Waals surface area contributed by atoms with Crippen LogP contribution < -0.4 is 0 Å². The lowest BCUT2D eigenvalue weighted by molar-refractivity contribution is -0.0969. The summed E-state index contributed by atoms with van der Waals surface area (Å²) in [5.41, 5.74) is 0.268. The molecule has 1 atom stereocenters. The van der Waals surface area contributed by atoms with Crippen molar-refractivity contribution in [2.75, 3.05) is 32.1 Å². The predicted octanol–water partition coefficient (Wildman–Crippen LogP) is 2.10. The molecule has 2 heterocycles. The third-order valence-electron chi connectivity index (χ3n) is 4.70. The lowest BCUT2D eigenvalue weighted by Crippen LogP contribution is -2.44. The molecule has 2 fully saturated rings. The average molecular weight is 367 g/mol. The second kappa shape index (κ2) is 7.85. The molecule has 0 bridgehead atoms. The van der Waals surface area contributed by atoms with E-state index in [2.05, 4.69) is 0 Å². The minimum Gasteiger partial charge on any atom is -0.350 e. The van der Waals surface area contributed by atoms with E-state index < -0.39 is 9.84 Å². The first-order valence-corrected chi connectivity index (χ1v) is 10.5. The van der Waals surface area contributed by atoms with Gasteiger partial charge in [-0.2, -0.15) is 0 Å². The number of rotatable bonds is 5. The largest absolute Gasteiger partial charge is 0.350 e. The lowest BCUT2D eigenvalue weighted by atomic mass is 9.96. The SMILES string of the molecule is CCCS(=O)(=O)c1ccccc1C(=O)N1CCCC(C2OCCO2)C1. The molecule has 1 unspecified atom stereocenters. The molecule has 1 aromatic rings. The summed E-state index contributed by atoms with van der Waals surface area (Å²) < 4.78 is 36.2. The minimum atomic E-state index is -3.45. The van der Waals surface area contributed by atoms with Crippen LogP contribution >= 0.6 is 0 Å². The van der Waals surface area contributed by atoms with Crippen LogP contribution in [0.25, 0.3) is 0 Å². The fraction of sp³-hybridized carbons (Fsp3) is 0.611. The van der Waals surface area contributed by atoms with Crippen molar-refractivity contribution < 1.29 is 22.7 Å². The van der Waals surface area contributed by atoms with Crippen LogP contribution in [0.5, 0.6) is 0 Å². The van der Waals surface area contributed by atoms with Crippen molar-refractivity contribution in [3.05, 3.63) is 29.8 Å². The standard InChI is InChI=1S/C18H25NO5S/c1-2-12-25(21,22)16-8-4-3-7-15(16)17(20)19-9-5-6-14(13-19)18-23-10-11-24-18/h3-4,7-8,14,18H,2,5-6,9-13H2,1H3. The molecule has 0 aromatic heterocycles. The van der Waals surface area contributed by atoms with Gasteiger partial charge in [0.25, 0.3) is 5.91 Å². The van der Waals surface area contributed by atoms with Gasteiger partial charge in [0.15, 0.2) is 16.1 Å². The quantitative estimate of drug-likeness (QED) is 0.797. The van der Waals surface area contributed by atoms with Crippen LogP contribution in [0.2, 0.25) is 0 Å². The van der Waals surface area contributed by atoms with E-state index >= 15 is 0 Å². The Morgan fingerprint density at radius 2 is 1.96 bits per heavy atom.